The van der Waals surface area contributed by atoms with E-state index in [0.717, 1.165) is 125 Å². The van der Waals surface area contributed by atoms with E-state index in [1.54, 1.807) is 12.3 Å². The van der Waals surface area contributed by atoms with Gasteiger partial charge >= 0.3 is 0 Å². The van der Waals surface area contributed by atoms with Crippen LogP contribution in [0.3, 0.4) is 0 Å². The highest BCUT2D eigenvalue weighted by Gasteiger charge is 2.44. The number of nitrogens with zero attached hydrogens (tertiary/aromatic N) is 13. The first kappa shape index (κ1) is 47.1. The summed E-state index contributed by atoms with van der Waals surface area (Å²) in [5, 5.41) is 18.2. The van der Waals surface area contributed by atoms with Crippen LogP contribution < -0.4 is 15.1 Å². The van der Waals surface area contributed by atoms with Gasteiger partial charge in [0.05, 0.1) is 22.8 Å². The Hall–Kier alpha value is -7.63. The second-order valence-electron chi connectivity index (χ2n) is 19.4. The molecule has 362 valence electrons. The minimum atomic E-state index is 0.574. The van der Waals surface area contributed by atoms with Crippen LogP contribution in [0, 0.1) is 41.5 Å². The number of carbonyl (C=O) groups excluding carboxylic acids is 1. The Bertz CT molecular complexity index is 3050. The van der Waals surface area contributed by atoms with Gasteiger partial charge in [0.2, 0.25) is 0 Å². The van der Waals surface area contributed by atoms with Gasteiger partial charge in [-0.2, -0.15) is 10.2 Å². The van der Waals surface area contributed by atoms with E-state index in [0.29, 0.717) is 48.4 Å². The summed E-state index contributed by atoms with van der Waals surface area (Å²) in [5.74, 6) is 3.50. The van der Waals surface area contributed by atoms with Crippen LogP contribution in [0.2, 0.25) is 0 Å². The fourth-order valence-electron chi connectivity index (χ4n) is 9.80. The first-order chi connectivity index (χ1) is 34.4. The highest BCUT2D eigenvalue weighted by molar-refractivity contribution is 5.73. The standard InChI is InChI=1S/C27H30N8.C20H23N7.C7H7NO/c1-17-4-5-20(12-28-17)14-35-24-11-25(35)16-34(15-24)26-7-6-21(13-29-26)27-30-18(2)8-22(31-27)10-23-9-19(3)32-33-23;1-12-5-15(7-16-6-13(2)25-26-16)24-20(22-12)14-3-4-19(21-9-14)27-10-17-8-18(11-27)23-17;1-6-2-3-7(5-9)4-8-6/h4-9,12-13,24-25H,10-11,14-16H2,1-3H3,(H,32,33);3-6,9,17-18,23H,7-8,10-11H2,1-2H3,(H,25,26);2-5H,1H3. The molecule has 17 nitrogen and oxygen atoms in total. The molecule has 4 bridgehead atoms. The number of aryl methyl sites for hydroxylation is 6. The predicted octanol–water partition coefficient (Wildman–Crippen LogP) is 6.86. The Morgan fingerprint density at radius 3 is 1.49 bits per heavy atom. The third-order valence-corrected chi connectivity index (χ3v) is 13.4. The van der Waals surface area contributed by atoms with E-state index in [2.05, 4.69) is 108 Å². The van der Waals surface area contributed by atoms with Crippen LogP contribution in [0.5, 0.6) is 0 Å². The maximum absolute atomic E-state index is 10.1. The van der Waals surface area contributed by atoms with Crippen LogP contribution in [0.4, 0.5) is 11.6 Å². The summed E-state index contributed by atoms with van der Waals surface area (Å²) < 4.78 is 0. The lowest BCUT2D eigenvalue weighted by Gasteiger charge is -2.56. The minimum absolute atomic E-state index is 0.574. The molecule has 71 heavy (non-hydrogen) atoms. The number of piperidine rings is 2. The molecule has 8 aromatic heterocycles. The quantitative estimate of drug-likeness (QED) is 0.114. The monoisotopic (exact) mass is 949 g/mol. The average molecular weight is 949 g/mol. The lowest BCUT2D eigenvalue weighted by atomic mass is 9.87. The summed E-state index contributed by atoms with van der Waals surface area (Å²) in [6.45, 7) is 17.0. The maximum atomic E-state index is 10.1. The van der Waals surface area contributed by atoms with Crippen molar-refractivity contribution >= 4 is 17.9 Å². The molecule has 0 radical (unpaired) electrons. The highest BCUT2D eigenvalue weighted by Crippen LogP contribution is 2.36. The number of carbonyl (C=O) groups is 1. The fourth-order valence-corrected chi connectivity index (χ4v) is 9.80. The fraction of sp³-hybridized carbons (Fsp3) is 0.352. The molecule has 8 aromatic rings. The number of aromatic amines is 2. The number of rotatable bonds is 11. The second-order valence-corrected chi connectivity index (χ2v) is 19.4. The van der Waals surface area contributed by atoms with Gasteiger partial charge in [-0.1, -0.05) is 6.07 Å². The van der Waals surface area contributed by atoms with Gasteiger partial charge in [0.1, 0.15) is 11.6 Å². The van der Waals surface area contributed by atoms with Crippen molar-refractivity contribution in [2.45, 2.75) is 97.9 Å². The second kappa shape index (κ2) is 20.8. The zero-order valence-electron chi connectivity index (χ0n) is 41.2. The van der Waals surface area contributed by atoms with Gasteiger partial charge in [-0.25, -0.2) is 29.9 Å². The number of nitrogens with one attached hydrogen (secondary N) is 3. The number of hydrogen-bond acceptors (Lipinski definition) is 15. The predicted molar refractivity (Wildman–Crippen MR) is 273 cm³/mol. The number of piperazine rings is 2. The SMILES string of the molecule is Cc1cc(Cc2cc(C)[nH]n2)nc(-c2ccc(N3CC4CC(C3)N4)nc2)n1.Cc1ccc(C=O)cn1.Cc1ccc(CN2C3CC2CN(c2ccc(-c4nc(C)cc(Cc5cc(C)[nH]n5)n4)cn2)C3)cn1. The summed E-state index contributed by atoms with van der Waals surface area (Å²) in [7, 11) is 0. The van der Waals surface area contributed by atoms with Crippen LogP contribution >= 0.6 is 0 Å². The molecule has 0 amide bonds. The number of aromatic nitrogens is 12. The summed E-state index contributed by atoms with van der Waals surface area (Å²) >= 11 is 0. The Morgan fingerprint density at radius 1 is 0.535 bits per heavy atom. The van der Waals surface area contributed by atoms with Crippen molar-refractivity contribution in [2.24, 2.45) is 0 Å². The van der Waals surface area contributed by atoms with Gasteiger partial charge in [-0.15, -0.1) is 0 Å². The maximum Gasteiger partial charge on any atom is 0.161 e. The van der Waals surface area contributed by atoms with Crippen molar-refractivity contribution in [2.75, 3.05) is 36.0 Å². The number of fused-ring (bicyclic) bond motifs is 4. The van der Waals surface area contributed by atoms with Gasteiger partial charge in [-0.05, 0) is 127 Å². The minimum Gasteiger partial charge on any atom is -0.353 e. The van der Waals surface area contributed by atoms with Crippen molar-refractivity contribution in [3.8, 4) is 22.8 Å². The first-order valence-electron chi connectivity index (χ1n) is 24.4. The third-order valence-electron chi connectivity index (χ3n) is 13.4. The molecule has 0 saturated carbocycles. The van der Waals surface area contributed by atoms with Gasteiger partial charge in [0.25, 0.3) is 0 Å². The molecular weight excluding hydrogens is 889 g/mol. The highest BCUT2D eigenvalue weighted by atomic mass is 16.1. The summed E-state index contributed by atoms with van der Waals surface area (Å²) in [4.78, 5) is 54.1. The molecule has 14 heterocycles. The summed E-state index contributed by atoms with van der Waals surface area (Å²) in [5.41, 5.74) is 13.7. The van der Waals surface area contributed by atoms with Crippen molar-refractivity contribution in [1.29, 1.82) is 0 Å². The zero-order valence-corrected chi connectivity index (χ0v) is 41.2. The Labute approximate surface area is 414 Å². The molecule has 6 aliphatic rings. The Kier molecular flexibility index (Phi) is 13.8. The van der Waals surface area contributed by atoms with Crippen LogP contribution in [0.25, 0.3) is 22.8 Å². The molecule has 6 saturated heterocycles. The topological polar surface area (TPSA) is 199 Å². The summed E-state index contributed by atoms with van der Waals surface area (Å²) in [6.07, 6.45) is 12.1. The normalized spacial score (nSPS) is 18.8. The number of anilines is 2. The van der Waals surface area contributed by atoms with Crippen molar-refractivity contribution < 1.29 is 4.79 Å². The van der Waals surface area contributed by atoms with Crippen LogP contribution in [0.1, 0.15) is 85.7 Å². The number of H-pyrrole nitrogens is 2. The van der Waals surface area contributed by atoms with Gasteiger partial charge in [0, 0.05) is 145 Å². The smallest absolute Gasteiger partial charge is 0.161 e. The van der Waals surface area contributed by atoms with E-state index in [1.165, 1.54) is 18.4 Å². The Morgan fingerprint density at radius 2 is 1.06 bits per heavy atom. The van der Waals surface area contributed by atoms with E-state index < -0.39 is 0 Å². The van der Waals surface area contributed by atoms with E-state index >= 15 is 0 Å². The summed E-state index contributed by atoms with van der Waals surface area (Å²) in [6, 6.07) is 26.7. The molecule has 14 rings (SSSR count). The molecule has 17 heteroatoms. The van der Waals surface area contributed by atoms with Crippen molar-refractivity contribution in [3.63, 3.8) is 0 Å². The van der Waals surface area contributed by atoms with Crippen molar-refractivity contribution in [1.82, 2.24) is 70.5 Å². The van der Waals surface area contributed by atoms with Crippen LogP contribution in [-0.4, -0.2) is 122 Å². The molecule has 0 aliphatic carbocycles. The van der Waals surface area contributed by atoms with E-state index in [9.17, 15) is 4.79 Å². The van der Waals surface area contributed by atoms with E-state index in [4.69, 9.17) is 15.0 Å². The molecule has 0 aromatic carbocycles. The van der Waals surface area contributed by atoms with Gasteiger partial charge in [0.15, 0.2) is 17.9 Å². The molecule has 6 aliphatic heterocycles. The number of aldehydes is 1. The molecule has 6 fully saturated rings. The van der Waals surface area contributed by atoms with E-state index in [1.807, 2.05) is 84.4 Å². The first-order valence-corrected chi connectivity index (χ1v) is 24.4. The molecular formula is C54H60N16O. The van der Waals surface area contributed by atoms with Crippen LogP contribution in [-0.2, 0) is 19.4 Å². The molecule has 3 N–H and O–H groups in total. The lowest BCUT2D eigenvalue weighted by molar-refractivity contribution is -0.00875. The van der Waals surface area contributed by atoms with Gasteiger partial charge in [-0.3, -0.25) is 29.9 Å². The third kappa shape index (κ3) is 11.5. The number of pyridine rings is 4. The molecule has 0 spiro atoms. The Balaban J connectivity index is 0.000000143. The average Bonchev–Trinajstić information content (AvgIpc) is 3.99. The number of hydrogen-bond donors (Lipinski definition) is 3. The van der Waals surface area contributed by atoms with Crippen molar-refractivity contribution in [3.05, 3.63) is 166 Å². The molecule has 4 unspecified atom stereocenters. The largest absolute Gasteiger partial charge is 0.353 e. The van der Waals surface area contributed by atoms with E-state index in [-0.39, 0.29) is 0 Å². The van der Waals surface area contributed by atoms with Gasteiger partial charge < -0.3 is 15.1 Å². The molecule has 4 atom stereocenters. The lowest BCUT2D eigenvalue weighted by Crippen LogP contribution is -2.68. The van der Waals surface area contributed by atoms with Crippen LogP contribution in [0.15, 0.2) is 97.6 Å². The zero-order chi connectivity index (χ0) is 49.0.